The van der Waals surface area contributed by atoms with E-state index in [0.29, 0.717) is 17.1 Å². The minimum Gasteiger partial charge on any atom is -0.508 e. The molecule has 5 unspecified atom stereocenters. The van der Waals surface area contributed by atoms with Crippen molar-refractivity contribution in [1.29, 1.82) is 0 Å². The van der Waals surface area contributed by atoms with Crippen molar-refractivity contribution in [3.63, 3.8) is 0 Å². The summed E-state index contributed by atoms with van der Waals surface area (Å²) in [6.07, 6.45) is -3.75. The van der Waals surface area contributed by atoms with Crippen LogP contribution in [0, 0.1) is 0 Å². The second-order valence-electron chi connectivity index (χ2n) is 8.23. The molecule has 0 amide bonds. The minimum absolute atomic E-state index is 0.0359. The monoisotopic (exact) mass is 498 g/mol. The normalized spacial score (nSPS) is 24.1. The Balaban J connectivity index is 1.39. The molecule has 10 nitrogen and oxygen atoms in total. The van der Waals surface area contributed by atoms with Crippen molar-refractivity contribution in [3.05, 3.63) is 71.8 Å². The van der Waals surface area contributed by atoms with Crippen molar-refractivity contribution in [2.45, 2.75) is 30.7 Å². The Kier molecular flexibility index (Phi) is 7.63. The highest BCUT2D eigenvalue weighted by atomic mass is 16.7. The number of aliphatic hydroxyl groups is 4. The van der Waals surface area contributed by atoms with Gasteiger partial charge in [0, 0.05) is 12.1 Å². The van der Waals surface area contributed by atoms with Gasteiger partial charge < -0.3 is 50.0 Å². The molecule has 3 aromatic carbocycles. The van der Waals surface area contributed by atoms with Crippen LogP contribution in [0.15, 0.2) is 60.7 Å². The van der Waals surface area contributed by atoms with E-state index in [2.05, 4.69) is 0 Å². The molecule has 3 aromatic rings. The molecule has 1 fully saturated rings. The lowest BCUT2D eigenvalue weighted by Gasteiger charge is -2.39. The van der Waals surface area contributed by atoms with E-state index in [1.807, 2.05) is 0 Å². The van der Waals surface area contributed by atoms with Crippen molar-refractivity contribution < 1.29 is 50.0 Å². The van der Waals surface area contributed by atoms with Gasteiger partial charge in [0.05, 0.1) is 6.61 Å². The molecule has 0 spiro atoms. The third-order valence-electron chi connectivity index (χ3n) is 5.53. The van der Waals surface area contributed by atoms with Crippen molar-refractivity contribution in [2.75, 3.05) is 6.61 Å². The number of ether oxygens (including phenoxy) is 3. The Morgan fingerprint density at radius 2 is 1.36 bits per heavy atom. The molecule has 0 bridgehead atoms. The number of aromatic hydroxyl groups is 3. The summed E-state index contributed by atoms with van der Waals surface area (Å²) in [4.78, 5) is 0. The summed E-state index contributed by atoms with van der Waals surface area (Å²) < 4.78 is 16.5. The SMILES string of the molecule is OCC1OC(Oc2ccc(Oc3ccc(C=Cc4cc(O)cc(O)c4)cc3)cc2O)C(O)C(O)C1O. The fourth-order valence-electron chi connectivity index (χ4n) is 3.64. The summed E-state index contributed by atoms with van der Waals surface area (Å²) in [6, 6.07) is 15.5. The van der Waals surface area contributed by atoms with E-state index >= 15 is 0 Å². The largest absolute Gasteiger partial charge is 0.508 e. The second-order valence-corrected chi connectivity index (χ2v) is 8.23. The lowest BCUT2D eigenvalue weighted by atomic mass is 9.99. The van der Waals surface area contributed by atoms with Crippen molar-refractivity contribution in [2.24, 2.45) is 0 Å². The highest BCUT2D eigenvalue weighted by molar-refractivity contribution is 5.71. The number of phenolic OH excluding ortho intramolecular Hbond substituents is 3. The van der Waals surface area contributed by atoms with Gasteiger partial charge in [-0.15, -0.1) is 0 Å². The van der Waals surface area contributed by atoms with Crippen LogP contribution in [0.25, 0.3) is 12.2 Å². The van der Waals surface area contributed by atoms with Gasteiger partial charge in [0.25, 0.3) is 0 Å². The molecule has 1 aliphatic rings. The standard InChI is InChI=1S/C26H26O10/c27-13-22-23(31)24(32)25(33)26(36-22)35-21-8-7-19(12-20(21)30)34-18-5-3-14(4-6-18)1-2-15-9-16(28)11-17(29)10-15/h1-12,22-33H,13H2. The zero-order valence-electron chi connectivity index (χ0n) is 18.9. The van der Waals surface area contributed by atoms with Crippen LogP contribution in [0.3, 0.4) is 0 Å². The molecule has 0 aliphatic carbocycles. The van der Waals surface area contributed by atoms with E-state index in [9.17, 15) is 35.7 Å². The zero-order valence-corrected chi connectivity index (χ0v) is 18.9. The maximum Gasteiger partial charge on any atom is 0.229 e. The van der Waals surface area contributed by atoms with Crippen LogP contribution < -0.4 is 9.47 Å². The molecule has 10 heteroatoms. The quantitative estimate of drug-likeness (QED) is 0.239. The van der Waals surface area contributed by atoms with Crippen molar-refractivity contribution in [3.8, 4) is 34.5 Å². The van der Waals surface area contributed by atoms with Gasteiger partial charge in [-0.1, -0.05) is 24.3 Å². The van der Waals surface area contributed by atoms with Crippen molar-refractivity contribution >= 4 is 12.2 Å². The molecule has 190 valence electrons. The number of benzene rings is 3. The number of rotatable bonds is 7. The first-order valence-electron chi connectivity index (χ1n) is 11.0. The van der Waals surface area contributed by atoms with Gasteiger partial charge in [-0.2, -0.15) is 0 Å². The third-order valence-corrected chi connectivity index (χ3v) is 5.53. The Bertz CT molecular complexity index is 1190. The van der Waals surface area contributed by atoms with Gasteiger partial charge in [-0.3, -0.25) is 0 Å². The number of hydrogen-bond donors (Lipinski definition) is 7. The molecule has 5 atom stereocenters. The molecule has 1 aliphatic heterocycles. The smallest absolute Gasteiger partial charge is 0.229 e. The van der Waals surface area contributed by atoms with E-state index in [1.54, 1.807) is 36.4 Å². The van der Waals surface area contributed by atoms with Gasteiger partial charge in [-0.25, -0.2) is 0 Å². The maximum atomic E-state index is 10.3. The first-order chi connectivity index (χ1) is 17.2. The number of hydrogen-bond acceptors (Lipinski definition) is 10. The summed E-state index contributed by atoms with van der Waals surface area (Å²) in [5, 5.41) is 68.6. The van der Waals surface area contributed by atoms with Crippen LogP contribution in [0.5, 0.6) is 34.5 Å². The van der Waals surface area contributed by atoms with E-state index < -0.39 is 37.3 Å². The zero-order chi connectivity index (χ0) is 25.8. The fourth-order valence-corrected chi connectivity index (χ4v) is 3.64. The molecule has 0 radical (unpaired) electrons. The first-order valence-corrected chi connectivity index (χ1v) is 11.0. The minimum atomic E-state index is -1.61. The summed E-state index contributed by atoms with van der Waals surface area (Å²) in [7, 11) is 0. The van der Waals surface area contributed by atoms with Gasteiger partial charge in [0.1, 0.15) is 47.4 Å². The Labute approximate surface area is 206 Å². The van der Waals surface area contributed by atoms with Crippen LogP contribution in [-0.4, -0.2) is 73.1 Å². The molecule has 1 heterocycles. The van der Waals surface area contributed by atoms with E-state index in [1.165, 1.54) is 36.4 Å². The average Bonchev–Trinajstić information content (AvgIpc) is 2.85. The summed E-state index contributed by atoms with van der Waals surface area (Å²) in [5.74, 6) is 0.331. The third kappa shape index (κ3) is 5.88. The van der Waals surface area contributed by atoms with Crippen LogP contribution in [0.1, 0.15) is 11.1 Å². The van der Waals surface area contributed by atoms with Crippen LogP contribution >= 0.6 is 0 Å². The summed E-state index contributed by atoms with van der Waals surface area (Å²) in [5.41, 5.74) is 1.48. The fraction of sp³-hybridized carbons (Fsp3) is 0.231. The molecule has 0 saturated carbocycles. The Morgan fingerprint density at radius 1 is 0.722 bits per heavy atom. The van der Waals surface area contributed by atoms with Gasteiger partial charge >= 0.3 is 0 Å². The molecule has 7 N–H and O–H groups in total. The lowest BCUT2D eigenvalue weighted by Crippen LogP contribution is -2.60. The molecule has 1 saturated heterocycles. The van der Waals surface area contributed by atoms with Gasteiger partial charge in [-0.05, 0) is 47.5 Å². The van der Waals surface area contributed by atoms with Gasteiger partial charge in [0.2, 0.25) is 6.29 Å². The second kappa shape index (κ2) is 10.9. The molecule has 4 rings (SSSR count). The van der Waals surface area contributed by atoms with Crippen LogP contribution in [0.2, 0.25) is 0 Å². The van der Waals surface area contributed by atoms with Crippen LogP contribution in [0.4, 0.5) is 0 Å². The van der Waals surface area contributed by atoms with Gasteiger partial charge in [0.15, 0.2) is 11.5 Å². The van der Waals surface area contributed by atoms with E-state index in [0.717, 1.165) is 5.56 Å². The van der Waals surface area contributed by atoms with E-state index in [-0.39, 0.29) is 23.0 Å². The molecular weight excluding hydrogens is 472 g/mol. The summed E-state index contributed by atoms with van der Waals surface area (Å²) in [6.45, 7) is -0.600. The number of phenols is 3. The molecule has 36 heavy (non-hydrogen) atoms. The Hall–Kier alpha value is -3.80. The molecule has 0 aromatic heterocycles. The van der Waals surface area contributed by atoms with Crippen molar-refractivity contribution in [1.82, 2.24) is 0 Å². The average molecular weight is 498 g/mol. The highest BCUT2D eigenvalue weighted by Gasteiger charge is 2.44. The predicted molar refractivity (Wildman–Crippen MR) is 128 cm³/mol. The maximum absolute atomic E-state index is 10.3. The van der Waals surface area contributed by atoms with Crippen LogP contribution in [-0.2, 0) is 4.74 Å². The van der Waals surface area contributed by atoms with E-state index in [4.69, 9.17) is 14.2 Å². The Morgan fingerprint density at radius 3 is 2.00 bits per heavy atom. The predicted octanol–water partition coefficient (Wildman–Crippen LogP) is 1.94. The summed E-state index contributed by atoms with van der Waals surface area (Å²) >= 11 is 0. The topological polar surface area (TPSA) is 169 Å². The molecular formula is C26H26O10. The highest BCUT2D eigenvalue weighted by Crippen LogP contribution is 2.35. The first kappa shape index (κ1) is 25.3. The lowest BCUT2D eigenvalue weighted by molar-refractivity contribution is -0.277. The number of aliphatic hydroxyl groups excluding tert-OH is 4.